The molecule has 298 valence electrons. The number of benzene rings is 5. The van der Waals surface area contributed by atoms with Crippen LogP contribution in [-0.2, 0) is 39.3 Å². The third kappa shape index (κ3) is 11.9. The summed E-state index contributed by atoms with van der Waals surface area (Å²) < 4.78 is 5.10. The molecule has 0 aliphatic carbocycles. The van der Waals surface area contributed by atoms with Crippen LogP contribution in [0.1, 0.15) is 33.4 Å². The molecule has 0 radical (unpaired) electrons. The molecule has 5 rings (SSSR count). The normalized spacial score (nSPS) is 13.2. The highest BCUT2D eigenvalue weighted by Crippen LogP contribution is 2.31. The first-order valence-corrected chi connectivity index (χ1v) is 20.3. The average molecular weight is 759 g/mol. The Kier molecular flexibility index (Phi) is 12.6. The molecule has 6 nitrogen and oxygen atoms in total. The van der Waals surface area contributed by atoms with Crippen molar-refractivity contribution >= 4 is 22.7 Å². The maximum Gasteiger partial charge on any atom is 0.133 e. The van der Waals surface area contributed by atoms with Crippen LogP contribution >= 0.6 is 0 Å². The van der Waals surface area contributed by atoms with Gasteiger partial charge in [0.05, 0.1) is 98.7 Å². The van der Waals surface area contributed by atoms with Crippen LogP contribution in [0.2, 0.25) is 0 Å². The first kappa shape index (κ1) is 43.0. The first-order valence-electron chi connectivity index (χ1n) is 20.3. The van der Waals surface area contributed by atoms with Crippen molar-refractivity contribution in [3.8, 4) is 0 Å². The van der Waals surface area contributed by atoms with E-state index in [0.29, 0.717) is 0 Å². The first-order chi connectivity index (χ1) is 25.9. The lowest BCUT2D eigenvalue weighted by Crippen LogP contribution is -2.41. The molecule has 0 aliphatic heterocycles. The van der Waals surface area contributed by atoms with Crippen molar-refractivity contribution in [2.24, 2.45) is 0 Å². The topological polar surface area (TPSA) is 0 Å². The minimum Gasteiger partial charge on any atom is -0.327 e. The average Bonchev–Trinajstić information content (AvgIpc) is 3.09. The summed E-state index contributed by atoms with van der Waals surface area (Å²) in [5.74, 6) is 0. The Labute approximate surface area is 341 Å². The Balaban J connectivity index is 1.17. The van der Waals surface area contributed by atoms with Gasteiger partial charge in [-0.05, 0) is 0 Å². The van der Waals surface area contributed by atoms with Gasteiger partial charge in [0.2, 0.25) is 0 Å². The Morgan fingerprint density at radius 1 is 0.214 bits per heavy atom. The maximum atomic E-state index is 2.33. The zero-order valence-corrected chi connectivity index (χ0v) is 37.5. The van der Waals surface area contributed by atoms with Gasteiger partial charge in [0.15, 0.2) is 0 Å². The van der Waals surface area contributed by atoms with Gasteiger partial charge in [-0.25, -0.2) is 0 Å². The largest absolute Gasteiger partial charge is 0.327 e. The van der Waals surface area contributed by atoms with E-state index in [0.717, 1.165) is 66.2 Å². The van der Waals surface area contributed by atoms with Gasteiger partial charge in [0.25, 0.3) is 0 Å². The summed E-state index contributed by atoms with van der Waals surface area (Å²) in [6, 6.07) is 46.3. The van der Waals surface area contributed by atoms with Gasteiger partial charge in [-0.15, -0.1) is 0 Å². The molecule has 0 fully saturated rings. The summed E-state index contributed by atoms with van der Waals surface area (Å²) in [6.45, 7) is 5.87. The van der Waals surface area contributed by atoms with Crippen molar-refractivity contribution in [3.05, 3.63) is 155 Å². The van der Waals surface area contributed by atoms with Gasteiger partial charge >= 0.3 is 0 Å². The lowest BCUT2D eigenvalue weighted by molar-refractivity contribution is -0.884. The number of hydrogen-bond donors (Lipinski definition) is 0. The van der Waals surface area contributed by atoms with E-state index in [2.05, 4.69) is 220 Å². The summed E-state index contributed by atoms with van der Waals surface area (Å²) in [5.41, 5.74) is 13.5. The Bertz CT molecular complexity index is 1860. The lowest BCUT2D eigenvalue weighted by atomic mass is 10.1. The van der Waals surface area contributed by atoms with Crippen molar-refractivity contribution in [2.45, 2.75) is 39.3 Å². The standard InChI is InChI=1S/C50H74N6/c1-51(2,3)35-41-15-19-43(20-16-41)37-53(7,8)47-27-31-49(32-28-47)55(11,12)39-45-23-25-46(26-24-45)40-56(13,14)50-33-29-48(30-34-50)54(9,10)38-44-21-17-42(18-22-44)36-52(4,5)6/h15-34H,35-40H2,1-14H3/q+6. The van der Waals surface area contributed by atoms with E-state index in [1.54, 1.807) is 0 Å². The van der Waals surface area contributed by atoms with Crippen LogP contribution in [0.5, 0.6) is 0 Å². The zero-order chi connectivity index (χ0) is 41.2. The summed E-state index contributed by atoms with van der Waals surface area (Å²) in [6.07, 6.45) is 0. The van der Waals surface area contributed by atoms with E-state index >= 15 is 0 Å². The van der Waals surface area contributed by atoms with E-state index < -0.39 is 0 Å². The summed E-state index contributed by atoms with van der Waals surface area (Å²) in [4.78, 5) is 0. The fourth-order valence-electron chi connectivity index (χ4n) is 8.06. The number of rotatable bonds is 16. The fraction of sp³-hybridized carbons (Fsp3) is 0.400. The minimum atomic E-state index is 0.797. The molecule has 0 heterocycles. The highest BCUT2D eigenvalue weighted by Gasteiger charge is 2.26. The Morgan fingerprint density at radius 3 is 0.500 bits per heavy atom. The highest BCUT2D eigenvalue weighted by molar-refractivity contribution is 5.54. The summed E-state index contributed by atoms with van der Waals surface area (Å²) in [7, 11) is 31.9. The molecule has 56 heavy (non-hydrogen) atoms. The van der Waals surface area contributed by atoms with E-state index in [1.165, 1.54) is 56.1 Å². The van der Waals surface area contributed by atoms with Crippen molar-refractivity contribution < 1.29 is 8.97 Å². The van der Waals surface area contributed by atoms with Gasteiger partial charge in [-0.1, -0.05) is 72.8 Å². The number of quaternary nitrogens is 6. The molecule has 6 heteroatoms. The van der Waals surface area contributed by atoms with E-state index in [-0.39, 0.29) is 0 Å². The molecule has 5 aromatic rings. The van der Waals surface area contributed by atoms with Crippen LogP contribution < -0.4 is 17.9 Å². The predicted octanol–water partition coefficient (Wildman–Crippen LogP) is 9.17. The second-order valence-electron chi connectivity index (χ2n) is 20.8. The van der Waals surface area contributed by atoms with Crippen LogP contribution in [0.3, 0.4) is 0 Å². The van der Waals surface area contributed by atoms with Crippen LogP contribution in [0.25, 0.3) is 0 Å². The van der Waals surface area contributed by atoms with E-state index in [1.807, 2.05) is 0 Å². The van der Waals surface area contributed by atoms with Gasteiger partial charge < -0.3 is 8.97 Å². The fourth-order valence-corrected chi connectivity index (χ4v) is 8.06. The van der Waals surface area contributed by atoms with Gasteiger partial charge in [-0.2, -0.15) is 0 Å². The van der Waals surface area contributed by atoms with Gasteiger partial charge in [-0.3, -0.25) is 17.9 Å². The molecule has 0 saturated carbocycles. The minimum absolute atomic E-state index is 0.797. The van der Waals surface area contributed by atoms with Crippen molar-refractivity contribution in [3.63, 3.8) is 0 Å². The summed E-state index contributed by atoms with van der Waals surface area (Å²) >= 11 is 0. The molecule has 5 aromatic carbocycles. The van der Waals surface area contributed by atoms with Crippen molar-refractivity contribution in [1.82, 2.24) is 17.9 Å². The second-order valence-corrected chi connectivity index (χ2v) is 20.8. The molecular formula is C50H74N6+6. The van der Waals surface area contributed by atoms with Crippen LogP contribution in [0.15, 0.2) is 121 Å². The highest BCUT2D eigenvalue weighted by atomic mass is 15.3. The second kappa shape index (κ2) is 16.4. The molecule has 0 spiro atoms. The van der Waals surface area contributed by atoms with Gasteiger partial charge in [0, 0.05) is 81.9 Å². The van der Waals surface area contributed by atoms with Crippen LogP contribution in [0, 0.1) is 0 Å². The smallest absolute Gasteiger partial charge is 0.133 e. The molecule has 0 unspecified atom stereocenters. The quantitative estimate of drug-likeness (QED) is 0.0882. The summed E-state index contributed by atoms with van der Waals surface area (Å²) in [5, 5.41) is 0. The van der Waals surface area contributed by atoms with Crippen LogP contribution in [-0.4, -0.2) is 108 Å². The molecule has 0 N–H and O–H groups in total. The lowest BCUT2D eigenvalue weighted by Gasteiger charge is -2.33. The molecule has 0 saturated heterocycles. The Morgan fingerprint density at radius 2 is 0.357 bits per heavy atom. The van der Waals surface area contributed by atoms with Crippen molar-refractivity contribution in [2.75, 3.05) is 98.7 Å². The molecule has 0 aliphatic rings. The molecule has 0 aromatic heterocycles. The van der Waals surface area contributed by atoms with Crippen molar-refractivity contribution in [1.29, 1.82) is 0 Å². The van der Waals surface area contributed by atoms with E-state index in [9.17, 15) is 0 Å². The third-order valence-electron chi connectivity index (χ3n) is 11.2. The molecule has 0 bridgehead atoms. The molecular weight excluding hydrogens is 685 g/mol. The zero-order valence-electron chi connectivity index (χ0n) is 37.5. The van der Waals surface area contributed by atoms with Crippen LogP contribution in [0.4, 0.5) is 22.7 Å². The number of nitrogens with zero attached hydrogens (tertiary/aromatic N) is 6. The van der Waals surface area contributed by atoms with Gasteiger partial charge in [0.1, 0.15) is 62.0 Å². The Hall–Kier alpha value is -4.14. The predicted molar refractivity (Wildman–Crippen MR) is 245 cm³/mol. The maximum absolute atomic E-state index is 2.33. The van der Waals surface area contributed by atoms with E-state index in [4.69, 9.17) is 0 Å². The molecule has 0 amide bonds. The third-order valence-corrected chi connectivity index (χ3v) is 11.2. The monoisotopic (exact) mass is 759 g/mol. The molecule has 0 atom stereocenters. The SMILES string of the molecule is C[N+](C)(C)Cc1ccc(C[N+](C)(C)c2ccc([N+](C)(C)Cc3ccc(C[N+](C)(C)c4ccc([N+](C)(C)Cc5ccc(C[N+](C)(C)C)cc5)cc4)cc3)cc2)cc1. The number of hydrogen-bond acceptors (Lipinski definition) is 0.